The number of aldehydes is 1. The standard InChI is InChI=1S/C12H16O5/c1-14-8-16-11-5-10(3-4-13)6-12(7-11)17-9-15-2/h4-7H,3,8-9H2,1-2H3. The van der Waals surface area contributed by atoms with Gasteiger partial charge in [-0.3, -0.25) is 0 Å². The largest absolute Gasteiger partial charge is 0.467 e. The van der Waals surface area contributed by atoms with Gasteiger partial charge in [-0.15, -0.1) is 0 Å². The Balaban J connectivity index is 2.79. The van der Waals surface area contributed by atoms with Crippen molar-refractivity contribution in [2.45, 2.75) is 6.42 Å². The Morgan fingerprint density at radius 3 is 1.94 bits per heavy atom. The minimum atomic E-state index is 0.147. The van der Waals surface area contributed by atoms with Gasteiger partial charge >= 0.3 is 0 Å². The third kappa shape index (κ3) is 4.84. The van der Waals surface area contributed by atoms with E-state index >= 15 is 0 Å². The van der Waals surface area contributed by atoms with E-state index in [1.54, 1.807) is 18.2 Å². The second-order valence-electron chi connectivity index (χ2n) is 3.29. The van der Waals surface area contributed by atoms with Crippen LogP contribution in [0.25, 0.3) is 0 Å². The Labute approximate surface area is 100 Å². The van der Waals surface area contributed by atoms with Gasteiger partial charge < -0.3 is 23.7 Å². The Morgan fingerprint density at radius 1 is 1.00 bits per heavy atom. The van der Waals surface area contributed by atoms with E-state index < -0.39 is 0 Å². The molecule has 94 valence electrons. The van der Waals surface area contributed by atoms with Gasteiger partial charge in [-0.25, -0.2) is 0 Å². The SMILES string of the molecule is COCOc1cc(CC=O)cc(OCOC)c1. The second-order valence-corrected chi connectivity index (χ2v) is 3.29. The van der Waals surface area contributed by atoms with E-state index in [4.69, 9.17) is 18.9 Å². The van der Waals surface area contributed by atoms with Crippen molar-refractivity contribution in [3.05, 3.63) is 23.8 Å². The molecule has 0 heterocycles. The highest BCUT2D eigenvalue weighted by atomic mass is 16.7. The fraction of sp³-hybridized carbons (Fsp3) is 0.417. The van der Waals surface area contributed by atoms with E-state index in [0.717, 1.165) is 11.8 Å². The summed E-state index contributed by atoms with van der Waals surface area (Å²) in [6.45, 7) is 0.294. The van der Waals surface area contributed by atoms with Crippen LogP contribution in [0.3, 0.4) is 0 Å². The predicted octanol–water partition coefficient (Wildman–Crippen LogP) is 1.39. The number of carbonyl (C=O) groups is 1. The van der Waals surface area contributed by atoms with Gasteiger partial charge in [0.05, 0.1) is 0 Å². The van der Waals surface area contributed by atoms with Crippen LogP contribution in [0.2, 0.25) is 0 Å². The topological polar surface area (TPSA) is 54.0 Å². The molecule has 0 fully saturated rings. The number of carbonyl (C=O) groups excluding carboxylic acids is 1. The van der Waals surface area contributed by atoms with E-state index in [-0.39, 0.29) is 13.6 Å². The number of benzene rings is 1. The maximum absolute atomic E-state index is 10.5. The van der Waals surface area contributed by atoms with Crippen LogP contribution in [-0.4, -0.2) is 34.1 Å². The van der Waals surface area contributed by atoms with Crippen molar-refractivity contribution in [3.63, 3.8) is 0 Å². The first-order chi connectivity index (χ1) is 8.30. The lowest BCUT2D eigenvalue weighted by molar-refractivity contribution is -0.107. The van der Waals surface area contributed by atoms with Crippen LogP contribution in [0.4, 0.5) is 0 Å². The molecule has 17 heavy (non-hydrogen) atoms. The molecule has 0 aliphatic carbocycles. The van der Waals surface area contributed by atoms with Crippen LogP contribution in [-0.2, 0) is 20.7 Å². The monoisotopic (exact) mass is 240 g/mol. The summed E-state index contributed by atoms with van der Waals surface area (Å²) in [6.07, 6.45) is 1.14. The zero-order valence-corrected chi connectivity index (χ0v) is 9.97. The molecule has 0 atom stereocenters. The van der Waals surface area contributed by atoms with Crippen molar-refractivity contribution >= 4 is 6.29 Å². The van der Waals surface area contributed by atoms with Crippen molar-refractivity contribution in [2.75, 3.05) is 27.8 Å². The van der Waals surface area contributed by atoms with Crippen LogP contribution in [0.1, 0.15) is 5.56 Å². The molecule has 0 aliphatic rings. The lowest BCUT2D eigenvalue weighted by Crippen LogP contribution is -2.02. The number of hydrogen-bond donors (Lipinski definition) is 0. The highest BCUT2D eigenvalue weighted by molar-refractivity contribution is 5.56. The van der Waals surface area contributed by atoms with Gasteiger partial charge in [0.1, 0.15) is 17.8 Å². The van der Waals surface area contributed by atoms with Crippen molar-refractivity contribution in [1.82, 2.24) is 0 Å². The molecule has 5 nitrogen and oxygen atoms in total. The van der Waals surface area contributed by atoms with Crippen LogP contribution in [0.5, 0.6) is 11.5 Å². The van der Waals surface area contributed by atoms with Crippen molar-refractivity contribution < 1.29 is 23.7 Å². The number of ether oxygens (including phenoxy) is 4. The molecule has 0 unspecified atom stereocenters. The maximum atomic E-state index is 10.5. The Hall–Kier alpha value is -1.59. The molecule has 0 radical (unpaired) electrons. The third-order valence-corrected chi connectivity index (χ3v) is 1.95. The Bertz CT molecular complexity index is 324. The summed E-state index contributed by atoms with van der Waals surface area (Å²) in [5, 5.41) is 0. The Kier molecular flexibility index (Phi) is 6.06. The predicted molar refractivity (Wildman–Crippen MR) is 61.2 cm³/mol. The highest BCUT2D eigenvalue weighted by Crippen LogP contribution is 2.23. The Morgan fingerprint density at radius 2 is 1.53 bits per heavy atom. The summed E-state index contributed by atoms with van der Waals surface area (Å²) in [4.78, 5) is 10.5. The van der Waals surface area contributed by atoms with Gasteiger partial charge in [-0.05, 0) is 17.7 Å². The fourth-order valence-electron chi connectivity index (χ4n) is 1.27. The first-order valence-electron chi connectivity index (χ1n) is 5.11. The second kappa shape index (κ2) is 7.65. The van der Waals surface area contributed by atoms with Gasteiger partial charge in [0.15, 0.2) is 13.6 Å². The molecular formula is C12H16O5. The first kappa shape index (κ1) is 13.5. The molecule has 0 N–H and O–H groups in total. The molecule has 1 rings (SSSR count). The summed E-state index contributed by atoms with van der Waals surface area (Å²) < 4.78 is 20.2. The fourth-order valence-corrected chi connectivity index (χ4v) is 1.27. The third-order valence-electron chi connectivity index (χ3n) is 1.95. The number of hydrogen-bond acceptors (Lipinski definition) is 5. The average Bonchev–Trinajstić information content (AvgIpc) is 2.34. The van der Waals surface area contributed by atoms with Crippen molar-refractivity contribution in [2.24, 2.45) is 0 Å². The quantitative estimate of drug-likeness (QED) is 0.507. The molecule has 0 saturated carbocycles. The maximum Gasteiger partial charge on any atom is 0.188 e. The van der Waals surface area contributed by atoms with E-state index in [2.05, 4.69) is 0 Å². The van der Waals surface area contributed by atoms with E-state index in [1.165, 1.54) is 14.2 Å². The van der Waals surface area contributed by atoms with Gasteiger partial charge in [0.25, 0.3) is 0 Å². The molecule has 0 aliphatic heterocycles. The van der Waals surface area contributed by atoms with Crippen molar-refractivity contribution in [1.29, 1.82) is 0 Å². The van der Waals surface area contributed by atoms with E-state index in [0.29, 0.717) is 17.9 Å². The minimum absolute atomic E-state index is 0.147. The zero-order valence-electron chi connectivity index (χ0n) is 9.97. The molecule has 0 aromatic heterocycles. The van der Waals surface area contributed by atoms with Crippen LogP contribution < -0.4 is 9.47 Å². The van der Waals surface area contributed by atoms with E-state index in [9.17, 15) is 4.79 Å². The molecule has 1 aromatic rings. The summed E-state index contributed by atoms with van der Waals surface area (Å²) in [7, 11) is 3.08. The molecule has 1 aromatic carbocycles. The summed E-state index contributed by atoms with van der Waals surface area (Å²) in [6, 6.07) is 5.26. The molecule has 5 heteroatoms. The minimum Gasteiger partial charge on any atom is -0.467 e. The number of methoxy groups -OCH3 is 2. The van der Waals surface area contributed by atoms with Gasteiger partial charge in [0.2, 0.25) is 0 Å². The molecule has 0 saturated heterocycles. The molecule has 0 bridgehead atoms. The van der Waals surface area contributed by atoms with Crippen LogP contribution in [0, 0.1) is 0 Å². The van der Waals surface area contributed by atoms with Gasteiger partial charge in [-0.2, -0.15) is 0 Å². The molecule has 0 amide bonds. The average molecular weight is 240 g/mol. The zero-order chi connectivity index (χ0) is 12.5. The van der Waals surface area contributed by atoms with Crippen LogP contribution in [0.15, 0.2) is 18.2 Å². The van der Waals surface area contributed by atoms with Crippen molar-refractivity contribution in [3.8, 4) is 11.5 Å². The van der Waals surface area contributed by atoms with Gasteiger partial charge in [0, 0.05) is 26.7 Å². The van der Waals surface area contributed by atoms with E-state index in [1.807, 2.05) is 0 Å². The normalized spacial score (nSPS) is 10.0. The van der Waals surface area contributed by atoms with Gasteiger partial charge in [-0.1, -0.05) is 0 Å². The smallest absolute Gasteiger partial charge is 0.188 e. The summed E-state index contributed by atoms with van der Waals surface area (Å²) in [5.41, 5.74) is 0.819. The highest BCUT2D eigenvalue weighted by Gasteiger charge is 2.03. The molecule has 0 spiro atoms. The lowest BCUT2D eigenvalue weighted by Gasteiger charge is -2.10. The number of rotatable bonds is 8. The summed E-state index contributed by atoms with van der Waals surface area (Å²) >= 11 is 0. The summed E-state index contributed by atoms with van der Waals surface area (Å²) in [5.74, 6) is 1.19. The lowest BCUT2D eigenvalue weighted by atomic mass is 10.1. The molecular weight excluding hydrogens is 224 g/mol. The first-order valence-corrected chi connectivity index (χ1v) is 5.11. The van der Waals surface area contributed by atoms with Crippen LogP contribution >= 0.6 is 0 Å².